The Hall–Kier alpha value is 2.69. The number of hydrogen-bond donors (Lipinski definition) is 2. The summed E-state index contributed by atoms with van der Waals surface area (Å²) in [6.07, 6.45) is -3.75. The normalized spacial score (nSPS) is 6.36. The molecule has 0 saturated carbocycles. The van der Waals surface area contributed by atoms with Crippen LogP contribution < -0.4 is 118 Å². The Morgan fingerprint density at radius 2 is 1.14 bits per heavy atom. The number of carbonyl (C=O) groups is 2. The number of carboxylic acid groups (broad SMARTS) is 2. The molecule has 0 heterocycles. The fraction of sp³-hybridized carbons (Fsp3) is 0. The van der Waals surface area contributed by atoms with Crippen LogP contribution in [0.25, 0.3) is 0 Å². The average molecular weight is 266 g/mol. The maximum Gasteiger partial charge on any atom is 1.00 e. The van der Waals surface area contributed by atoms with Gasteiger partial charge in [0.1, 0.15) is 0 Å². The minimum Gasteiger partial charge on any atom is -1.00 e. The second kappa shape index (κ2) is 18.1. The standard InChI is InChI=1S/C2H2O7S.4Na.4H/c3-1(4)8-10(7)9-2(5)6;;;;;;;;/h(H,3,4)(H,5,6);;;;;;;;/q;4*+1;4*-1. The van der Waals surface area contributed by atoms with E-state index in [1.165, 1.54) is 0 Å². The first-order chi connectivity index (χ1) is 4.52. The van der Waals surface area contributed by atoms with Crippen molar-refractivity contribution in [3.63, 3.8) is 0 Å². The molecule has 66 valence electrons. The summed E-state index contributed by atoms with van der Waals surface area (Å²) in [5.74, 6) is 0. The Morgan fingerprint density at radius 1 is 0.929 bits per heavy atom. The first-order valence-electron chi connectivity index (χ1n) is 1.76. The Labute approximate surface area is 177 Å². The van der Waals surface area contributed by atoms with Crippen molar-refractivity contribution in [3.05, 3.63) is 0 Å². The van der Waals surface area contributed by atoms with Crippen molar-refractivity contribution in [1.29, 1.82) is 0 Å². The van der Waals surface area contributed by atoms with Gasteiger partial charge < -0.3 is 24.3 Å². The zero-order valence-corrected chi connectivity index (χ0v) is 17.2. The van der Waals surface area contributed by atoms with Crippen LogP contribution in [-0.2, 0) is 19.7 Å². The fourth-order valence-corrected chi connectivity index (χ4v) is 0.400. The summed E-state index contributed by atoms with van der Waals surface area (Å²) in [5.41, 5.74) is 0. The molecule has 0 spiro atoms. The molecule has 0 aromatic heterocycles. The van der Waals surface area contributed by atoms with Crippen molar-refractivity contribution in [2.75, 3.05) is 0 Å². The monoisotopic (exact) mass is 266 g/mol. The van der Waals surface area contributed by atoms with E-state index in [0.717, 1.165) is 0 Å². The van der Waals surface area contributed by atoms with E-state index in [1.807, 2.05) is 0 Å². The van der Waals surface area contributed by atoms with Gasteiger partial charge in [-0.25, -0.2) is 9.59 Å². The molecule has 0 unspecified atom stereocenters. The van der Waals surface area contributed by atoms with Crippen molar-refractivity contribution in [1.82, 2.24) is 0 Å². The molecule has 0 fully saturated rings. The van der Waals surface area contributed by atoms with E-state index in [9.17, 15) is 13.8 Å². The molecule has 0 rings (SSSR count). The Morgan fingerprint density at radius 3 is 1.29 bits per heavy atom. The van der Waals surface area contributed by atoms with Gasteiger partial charge in [0, 0.05) is 0 Å². The quantitative estimate of drug-likeness (QED) is 0.477. The SMILES string of the molecule is O=C(O)OS(=O)OC(=O)O.[H-].[H-].[H-].[H-].[Na+].[Na+].[Na+].[Na+]. The molecule has 0 saturated heterocycles. The van der Waals surface area contributed by atoms with Gasteiger partial charge in [-0.1, -0.05) is 0 Å². The fourth-order valence-electron chi connectivity index (χ4n) is 0.133. The topological polar surface area (TPSA) is 110 Å². The van der Waals surface area contributed by atoms with Crippen LogP contribution in [0.5, 0.6) is 0 Å². The third kappa shape index (κ3) is 24.1. The first kappa shape index (κ1) is 30.1. The third-order valence-corrected chi connectivity index (χ3v) is 0.836. The van der Waals surface area contributed by atoms with Gasteiger partial charge in [0.05, 0.1) is 0 Å². The Kier molecular flexibility index (Phi) is 38.8. The van der Waals surface area contributed by atoms with Crippen molar-refractivity contribution < 1.29 is 156 Å². The molecule has 0 aliphatic heterocycles. The van der Waals surface area contributed by atoms with Gasteiger partial charge in [-0.15, -0.1) is 0 Å². The second-order valence-electron chi connectivity index (χ2n) is 0.903. The molecule has 0 radical (unpaired) electrons. The minimum absolute atomic E-state index is 0. The number of rotatable bonds is 2. The van der Waals surface area contributed by atoms with Gasteiger partial charge in [0.15, 0.2) is 0 Å². The minimum atomic E-state index is -2.78. The van der Waals surface area contributed by atoms with Crippen LogP contribution in [-0.4, -0.2) is 26.7 Å². The predicted molar refractivity (Wildman–Crippen MR) is 30.8 cm³/mol. The van der Waals surface area contributed by atoms with Crippen molar-refractivity contribution >= 4 is 23.7 Å². The Balaban J connectivity index is -0.0000000145. The predicted octanol–water partition coefficient (Wildman–Crippen LogP) is -11.6. The van der Waals surface area contributed by atoms with E-state index in [2.05, 4.69) is 8.37 Å². The smallest absolute Gasteiger partial charge is 1.00 e. The zero-order chi connectivity index (χ0) is 8.15. The van der Waals surface area contributed by atoms with Gasteiger partial charge in [-0.3, -0.25) is 0 Å². The van der Waals surface area contributed by atoms with Crippen LogP contribution in [0.15, 0.2) is 0 Å². The summed E-state index contributed by atoms with van der Waals surface area (Å²) in [4.78, 5) is 19.0. The third-order valence-electron chi connectivity index (χ3n) is 0.279. The molecule has 0 bridgehead atoms. The van der Waals surface area contributed by atoms with Crippen LogP contribution in [0.1, 0.15) is 5.71 Å². The molecular weight excluding hydrogens is 260 g/mol. The maximum atomic E-state index is 9.97. The van der Waals surface area contributed by atoms with Gasteiger partial charge in [-0.2, -0.15) is 4.21 Å². The summed E-state index contributed by atoms with van der Waals surface area (Å²) >= 11 is -2.78. The first-order valence-corrected chi connectivity index (χ1v) is 2.76. The van der Waals surface area contributed by atoms with E-state index in [4.69, 9.17) is 10.2 Å². The average Bonchev–Trinajstić information content (AvgIpc) is 1.58. The van der Waals surface area contributed by atoms with E-state index in [0.29, 0.717) is 0 Å². The molecule has 0 aliphatic rings. The van der Waals surface area contributed by atoms with Crippen LogP contribution >= 0.6 is 0 Å². The molecular formula is C2H6Na4O7S. The van der Waals surface area contributed by atoms with Gasteiger partial charge in [-0.05, 0) is 0 Å². The molecule has 0 amide bonds. The molecule has 0 aromatic carbocycles. The molecule has 0 aromatic rings. The van der Waals surface area contributed by atoms with Crippen molar-refractivity contribution in [2.24, 2.45) is 0 Å². The summed E-state index contributed by atoms with van der Waals surface area (Å²) in [5, 5.41) is 15.4. The summed E-state index contributed by atoms with van der Waals surface area (Å²) in [7, 11) is 0. The second-order valence-corrected chi connectivity index (χ2v) is 1.64. The van der Waals surface area contributed by atoms with Crippen LogP contribution in [0.3, 0.4) is 0 Å². The van der Waals surface area contributed by atoms with E-state index in [-0.39, 0.29) is 124 Å². The molecule has 14 heavy (non-hydrogen) atoms. The van der Waals surface area contributed by atoms with Gasteiger partial charge in [0.2, 0.25) is 0 Å². The Bertz CT molecular complexity index is 180. The van der Waals surface area contributed by atoms with E-state index < -0.39 is 23.7 Å². The van der Waals surface area contributed by atoms with Crippen LogP contribution in [0.4, 0.5) is 9.59 Å². The molecule has 0 atom stereocenters. The van der Waals surface area contributed by atoms with Gasteiger partial charge in [0.25, 0.3) is 0 Å². The van der Waals surface area contributed by atoms with Gasteiger partial charge >= 0.3 is 142 Å². The molecule has 0 aliphatic carbocycles. The summed E-state index contributed by atoms with van der Waals surface area (Å²) < 4.78 is 16.7. The van der Waals surface area contributed by atoms with E-state index in [1.54, 1.807) is 0 Å². The summed E-state index contributed by atoms with van der Waals surface area (Å²) in [6.45, 7) is 0. The number of hydrogen-bond acceptors (Lipinski definition) is 5. The summed E-state index contributed by atoms with van der Waals surface area (Å²) in [6, 6.07) is 0. The zero-order valence-electron chi connectivity index (χ0n) is 12.3. The van der Waals surface area contributed by atoms with Crippen molar-refractivity contribution in [3.8, 4) is 0 Å². The van der Waals surface area contributed by atoms with Crippen LogP contribution in [0, 0.1) is 0 Å². The molecule has 7 nitrogen and oxygen atoms in total. The van der Waals surface area contributed by atoms with Crippen LogP contribution in [0.2, 0.25) is 0 Å². The van der Waals surface area contributed by atoms with Crippen molar-refractivity contribution in [2.45, 2.75) is 0 Å². The molecule has 12 heteroatoms. The van der Waals surface area contributed by atoms with E-state index >= 15 is 0 Å². The largest absolute Gasteiger partial charge is 1.00 e. The maximum absolute atomic E-state index is 9.97. The molecule has 2 N–H and O–H groups in total.